The second kappa shape index (κ2) is 5.74. The highest BCUT2D eigenvalue weighted by Gasteiger charge is 2.16. The number of benzene rings is 1. The lowest BCUT2D eigenvalue weighted by atomic mass is 10.1. The van der Waals surface area contributed by atoms with Crippen molar-refractivity contribution < 1.29 is 4.74 Å². The lowest BCUT2D eigenvalue weighted by Crippen LogP contribution is -2.11. The lowest BCUT2D eigenvalue weighted by molar-refractivity contribution is 0.340. The van der Waals surface area contributed by atoms with Crippen molar-refractivity contribution in [2.24, 2.45) is 5.73 Å². The smallest absolute Gasteiger partial charge is 0.119 e. The van der Waals surface area contributed by atoms with Gasteiger partial charge in [0.05, 0.1) is 17.7 Å². The molecule has 1 aromatic heterocycles. The van der Waals surface area contributed by atoms with Gasteiger partial charge < -0.3 is 10.5 Å². The van der Waals surface area contributed by atoms with E-state index in [-0.39, 0.29) is 6.04 Å². The van der Waals surface area contributed by atoms with Crippen molar-refractivity contribution in [3.8, 4) is 5.75 Å². The van der Waals surface area contributed by atoms with Crippen molar-refractivity contribution in [2.75, 3.05) is 6.61 Å². The molecule has 1 atom stereocenters. The van der Waals surface area contributed by atoms with Crippen LogP contribution in [-0.2, 0) is 0 Å². The van der Waals surface area contributed by atoms with E-state index in [4.69, 9.17) is 22.1 Å². The summed E-state index contributed by atoms with van der Waals surface area (Å²) in [6.45, 7) is 4.61. The van der Waals surface area contributed by atoms with E-state index in [1.54, 1.807) is 11.3 Å². The van der Waals surface area contributed by atoms with Gasteiger partial charge in [0.2, 0.25) is 0 Å². The fourth-order valence-electron chi connectivity index (χ4n) is 1.78. The van der Waals surface area contributed by atoms with Crippen LogP contribution < -0.4 is 10.5 Å². The molecule has 18 heavy (non-hydrogen) atoms. The first-order valence-corrected chi connectivity index (χ1v) is 7.11. The predicted molar refractivity (Wildman–Crippen MR) is 77.7 cm³/mol. The van der Waals surface area contributed by atoms with Gasteiger partial charge in [-0.15, -0.1) is 11.3 Å². The van der Waals surface area contributed by atoms with Gasteiger partial charge in [-0.2, -0.15) is 0 Å². The van der Waals surface area contributed by atoms with Crippen LogP contribution in [0.3, 0.4) is 0 Å². The summed E-state index contributed by atoms with van der Waals surface area (Å²) in [6, 6.07) is 7.66. The summed E-state index contributed by atoms with van der Waals surface area (Å²) in [6.07, 6.45) is 0. The highest BCUT2D eigenvalue weighted by Crippen LogP contribution is 2.35. The number of ether oxygens (including phenoxy) is 1. The minimum atomic E-state index is -0.198. The molecule has 0 aliphatic rings. The molecule has 0 radical (unpaired) electrons. The van der Waals surface area contributed by atoms with Gasteiger partial charge in [-0.25, -0.2) is 0 Å². The van der Waals surface area contributed by atoms with Gasteiger partial charge in [0, 0.05) is 4.88 Å². The van der Waals surface area contributed by atoms with Crippen LogP contribution in [-0.4, -0.2) is 6.61 Å². The van der Waals surface area contributed by atoms with E-state index in [2.05, 4.69) is 0 Å². The molecule has 0 saturated heterocycles. The van der Waals surface area contributed by atoms with Crippen LogP contribution in [0.1, 0.15) is 29.0 Å². The maximum Gasteiger partial charge on any atom is 0.119 e. The molecule has 2 rings (SSSR count). The van der Waals surface area contributed by atoms with E-state index in [0.29, 0.717) is 6.61 Å². The molecule has 1 heterocycles. The van der Waals surface area contributed by atoms with E-state index in [9.17, 15) is 0 Å². The number of aryl methyl sites for hydroxylation is 1. The van der Waals surface area contributed by atoms with Crippen molar-refractivity contribution in [1.82, 2.24) is 0 Å². The predicted octanol–water partition coefficient (Wildman–Crippen LogP) is 4.16. The van der Waals surface area contributed by atoms with Crippen molar-refractivity contribution >= 4 is 22.9 Å². The van der Waals surface area contributed by atoms with Crippen LogP contribution in [0, 0.1) is 6.92 Å². The SMILES string of the molecule is CCOc1cccc(C(N)c2scc(C)c2Cl)c1. The molecule has 2 N–H and O–H groups in total. The summed E-state index contributed by atoms with van der Waals surface area (Å²) < 4.78 is 5.48. The fourth-order valence-corrected chi connectivity index (χ4v) is 3.11. The maximum atomic E-state index is 6.27. The standard InChI is InChI=1S/C14H16ClNOS/c1-3-17-11-6-4-5-10(7-11)13(16)14-12(15)9(2)8-18-14/h4-8,13H,3,16H2,1-2H3. The normalized spacial score (nSPS) is 12.4. The molecule has 0 spiro atoms. The Bertz CT molecular complexity index is 538. The second-order valence-corrected chi connectivity index (χ2v) is 5.37. The fraction of sp³-hybridized carbons (Fsp3) is 0.286. The second-order valence-electron chi connectivity index (χ2n) is 4.08. The molecular formula is C14H16ClNOS. The van der Waals surface area contributed by atoms with Crippen molar-refractivity contribution in [2.45, 2.75) is 19.9 Å². The van der Waals surface area contributed by atoms with Gasteiger partial charge in [-0.05, 0) is 42.5 Å². The Morgan fingerprint density at radius 1 is 1.44 bits per heavy atom. The molecule has 0 aliphatic carbocycles. The van der Waals surface area contributed by atoms with Crippen LogP contribution in [0.4, 0.5) is 0 Å². The Labute approximate surface area is 116 Å². The van der Waals surface area contributed by atoms with Crippen LogP contribution in [0.5, 0.6) is 5.75 Å². The van der Waals surface area contributed by atoms with Crippen molar-refractivity contribution in [3.05, 3.63) is 50.7 Å². The van der Waals surface area contributed by atoms with E-state index < -0.39 is 0 Å². The minimum Gasteiger partial charge on any atom is -0.494 e. The molecule has 96 valence electrons. The maximum absolute atomic E-state index is 6.27. The van der Waals surface area contributed by atoms with E-state index in [0.717, 1.165) is 26.8 Å². The van der Waals surface area contributed by atoms with Gasteiger partial charge in [-0.3, -0.25) is 0 Å². The van der Waals surface area contributed by atoms with Crippen LogP contribution in [0.25, 0.3) is 0 Å². The molecule has 1 unspecified atom stereocenters. The monoisotopic (exact) mass is 281 g/mol. The zero-order valence-electron chi connectivity index (χ0n) is 10.4. The molecular weight excluding hydrogens is 266 g/mol. The average Bonchev–Trinajstić information content (AvgIpc) is 2.70. The molecule has 0 saturated carbocycles. The molecule has 2 aromatic rings. The Balaban J connectivity index is 2.30. The van der Waals surface area contributed by atoms with E-state index in [1.165, 1.54) is 0 Å². The Kier molecular flexibility index (Phi) is 4.27. The van der Waals surface area contributed by atoms with E-state index >= 15 is 0 Å². The molecule has 2 nitrogen and oxygen atoms in total. The summed E-state index contributed by atoms with van der Waals surface area (Å²) in [4.78, 5) is 1.00. The first-order valence-electron chi connectivity index (χ1n) is 5.85. The quantitative estimate of drug-likeness (QED) is 0.913. The summed E-state index contributed by atoms with van der Waals surface area (Å²) in [5.74, 6) is 0.842. The molecule has 4 heteroatoms. The highest BCUT2D eigenvalue weighted by atomic mass is 35.5. The van der Waals surface area contributed by atoms with Crippen LogP contribution >= 0.6 is 22.9 Å². The lowest BCUT2D eigenvalue weighted by Gasteiger charge is -2.12. The number of thiophene rings is 1. The van der Waals surface area contributed by atoms with Gasteiger partial charge in [-0.1, -0.05) is 23.7 Å². The van der Waals surface area contributed by atoms with Gasteiger partial charge in [0.1, 0.15) is 5.75 Å². The zero-order chi connectivity index (χ0) is 13.1. The molecule has 0 fully saturated rings. The largest absolute Gasteiger partial charge is 0.494 e. The summed E-state index contributed by atoms with van der Waals surface area (Å²) in [5.41, 5.74) is 8.36. The Morgan fingerprint density at radius 3 is 2.83 bits per heavy atom. The average molecular weight is 282 g/mol. The van der Waals surface area contributed by atoms with Gasteiger partial charge in [0.15, 0.2) is 0 Å². The number of hydrogen-bond donors (Lipinski definition) is 1. The Morgan fingerprint density at radius 2 is 2.22 bits per heavy atom. The zero-order valence-corrected chi connectivity index (χ0v) is 12.0. The number of halogens is 1. The summed E-state index contributed by atoms with van der Waals surface area (Å²) in [7, 11) is 0. The molecule has 1 aromatic carbocycles. The van der Waals surface area contributed by atoms with Gasteiger partial charge >= 0.3 is 0 Å². The third kappa shape index (κ3) is 2.69. The molecule has 0 aliphatic heterocycles. The Hall–Kier alpha value is -1.03. The summed E-state index contributed by atoms with van der Waals surface area (Å²) >= 11 is 7.85. The van der Waals surface area contributed by atoms with Crippen molar-refractivity contribution in [1.29, 1.82) is 0 Å². The summed E-state index contributed by atoms with van der Waals surface area (Å²) in [5, 5.41) is 2.80. The number of hydrogen-bond acceptors (Lipinski definition) is 3. The molecule has 0 bridgehead atoms. The van der Waals surface area contributed by atoms with Crippen molar-refractivity contribution in [3.63, 3.8) is 0 Å². The third-order valence-electron chi connectivity index (χ3n) is 2.74. The van der Waals surface area contributed by atoms with Crippen LogP contribution in [0.15, 0.2) is 29.6 Å². The first kappa shape index (κ1) is 13.4. The van der Waals surface area contributed by atoms with Crippen LogP contribution in [0.2, 0.25) is 5.02 Å². The number of nitrogens with two attached hydrogens (primary N) is 1. The first-order chi connectivity index (χ1) is 8.63. The minimum absolute atomic E-state index is 0.198. The van der Waals surface area contributed by atoms with E-state index in [1.807, 2.05) is 43.5 Å². The topological polar surface area (TPSA) is 35.2 Å². The number of rotatable bonds is 4. The highest BCUT2D eigenvalue weighted by molar-refractivity contribution is 7.10. The van der Waals surface area contributed by atoms with Gasteiger partial charge in [0.25, 0.3) is 0 Å². The molecule has 0 amide bonds. The third-order valence-corrected chi connectivity index (χ3v) is 4.53.